The van der Waals surface area contributed by atoms with E-state index in [-0.39, 0.29) is 11.8 Å². The average molecular weight is 321 g/mol. The van der Waals surface area contributed by atoms with Crippen LogP contribution in [0, 0.1) is 0 Å². The zero-order valence-electron chi connectivity index (χ0n) is 12.4. The molecule has 2 amide bonds. The molecule has 2 rings (SSSR count). The minimum atomic E-state index is -0.223. The topological polar surface area (TPSA) is 78.1 Å². The van der Waals surface area contributed by atoms with Gasteiger partial charge < -0.3 is 15.2 Å². The normalized spacial score (nSPS) is 10.3. The highest BCUT2D eigenvalue weighted by molar-refractivity contribution is 6.31. The Morgan fingerprint density at radius 1 is 1.41 bits per heavy atom. The molecule has 1 aromatic carbocycles. The summed E-state index contributed by atoms with van der Waals surface area (Å²) in [6, 6.07) is 4.80. The average Bonchev–Trinajstić information content (AvgIpc) is 2.99. The summed E-state index contributed by atoms with van der Waals surface area (Å²) in [5.74, 6) is 0.286. The van der Waals surface area contributed by atoms with Gasteiger partial charge in [-0.3, -0.25) is 9.59 Å². The lowest BCUT2D eigenvalue weighted by Gasteiger charge is -2.18. The standard InChI is InChI=1S/C15H17ClN4O2/c1-3-14(21)19-12-8-10(16)4-5-11(12)15(22)20(2)9-13-17-6-7-18-13/h4-8H,3,9H2,1-2H3,(H,17,18)(H,19,21). The van der Waals surface area contributed by atoms with Gasteiger partial charge in [-0.2, -0.15) is 0 Å². The van der Waals surface area contributed by atoms with Gasteiger partial charge in [0.25, 0.3) is 5.91 Å². The van der Waals surface area contributed by atoms with Gasteiger partial charge in [-0.05, 0) is 18.2 Å². The monoisotopic (exact) mass is 320 g/mol. The highest BCUT2D eigenvalue weighted by Gasteiger charge is 2.18. The van der Waals surface area contributed by atoms with E-state index in [2.05, 4.69) is 15.3 Å². The SMILES string of the molecule is CCC(=O)Nc1cc(Cl)ccc1C(=O)N(C)Cc1ncc[nH]1. The first-order valence-corrected chi connectivity index (χ1v) is 7.22. The molecule has 0 aliphatic rings. The van der Waals surface area contributed by atoms with Crippen LogP contribution < -0.4 is 5.32 Å². The van der Waals surface area contributed by atoms with Crippen molar-refractivity contribution in [1.82, 2.24) is 14.9 Å². The van der Waals surface area contributed by atoms with Gasteiger partial charge in [0.05, 0.1) is 17.8 Å². The van der Waals surface area contributed by atoms with Crippen LogP contribution in [0.25, 0.3) is 0 Å². The fourth-order valence-corrected chi connectivity index (χ4v) is 2.10. The molecular formula is C15H17ClN4O2. The minimum Gasteiger partial charge on any atom is -0.347 e. The first kappa shape index (κ1) is 16.0. The number of benzene rings is 1. The maximum absolute atomic E-state index is 12.6. The lowest BCUT2D eigenvalue weighted by molar-refractivity contribution is -0.115. The molecule has 0 radical (unpaired) electrons. The maximum Gasteiger partial charge on any atom is 0.256 e. The molecule has 0 aliphatic heterocycles. The zero-order chi connectivity index (χ0) is 16.1. The van der Waals surface area contributed by atoms with Crippen LogP contribution in [-0.2, 0) is 11.3 Å². The number of aromatic nitrogens is 2. The van der Waals surface area contributed by atoms with Crippen molar-refractivity contribution in [2.75, 3.05) is 12.4 Å². The van der Waals surface area contributed by atoms with Crippen LogP contribution >= 0.6 is 11.6 Å². The Kier molecular flexibility index (Phi) is 5.16. The lowest BCUT2D eigenvalue weighted by atomic mass is 10.1. The molecular weight excluding hydrogens is 304 g/mol. The van der Waals surface area contributed by atoms with Gasteiger partial charge in [-0.15, -0.1) is 0 Å². The Morgan fingerprint density at radius 3 is 2.82 bits per heavy atom. The van der Waals surface area contributed by atoms with Crippen molar-refractivity contribution in [3.63, 3.8) is 0 Å². The molecule has 22 heavy (non-hydrogen) atoms. The number of nitrogens with zero attached hydrogens (tertiary/aromatic N) is 2. The van der Waals surface area contributed by atoms with Crippen molar-refractivity contribution in [3.8, 4) is 0 Å². The number of H-pyrrole nitrogens is 1. The molecule has 0 aliphatic carbocycles. The smallest absolute Gasteiger partial charge is 0.256 e. The third-order valence-electron chi connectivity index (χ3n) is 3.10. The number of amides is 2. The number of carbonyl (C=O) groups excluding carboxylic acids is 2. The van der Waals surface area contributed by atoms with Crippen LogP contribution in [0.5, 0.6) is 0 Å². The van der Waals surface area contributed by atoms with Gasteiger partial charge >= 0.3 is 0 Å². The molecule has 0 saturated carbocycles. The summed E-state index contributed by atoms with van der Waals surface area (Å²) < 4.78 is 0. The van der Waals surface area contributed by atoms with Crippen molar-refractivity contribution in [1.29, 1.82) is 0 Å². The van der Waals surface area contributed by atoms with Crippen molar-refractivity contribution in [2.24, 2.45) is 0 Å². The number of hydrogen-bond donors (Lipinski definition) is 2. The fourth-order valence-electron chi connectivity index (χ4n) is 1.93. The van der Waals surface area contributed by atoms with Gasteiger partial charge in [0.15, 0.2) is 0 Å². The number of carbonyl (C=O) groups is 2. The molecule has 0 spiro atoms. The summed E-state index contributed by atoms with van der Waals surface area (Å²) in [5.41, 5.74) is 0.802. The Hall–Kier alpha value is -2.34. The fraction of sp³-hybridized carbons (Fsp3) is 0.267. The Balaban J connectivity index is 2.22. The number of imidazole rings is 1. The third-order valence-corrected chi connectivity index (χ3v) is 3.33. The first-order chi connectivity index (χ1) is 10.5. The van der Waals surface area contributed by atoms with Gasteiger partial charge in [0.1, 0.15) is 5.82 Å². The highest BCUT2D eigenvalue weighted by atomic mass is 35.5. The Bertz CT molecular complexity index is 670. The van der Waals surface area contributed by atoms with Gasteiger partial charge in [-0.25, -0.2) is 4.98 Å². The molecule has 0 atom stereocenters. The van der Waals surface area contributed by atoms with E-state index in [0.717, 1.165) is 0 Å². The van der Waals surface area contributed by atoms with E-state index in [0.29, 0.717) is 35.1 Å². The van der Waals surface area contributed by atoms with Crippen LogP contribution in [0.15, 0.2) is 30.6 Å². The quantitative estimate of drug-likeness (QED) is 0.889. The number of rotatable bonds is 5. The van der Waals surface area contributed by atoms with Gasteiger partial charge in [-0.1, -0.05) is 18.5 Å². The van der Waals surface area contributed by atoms with E-state index in [1.807, 2.05) is 0 Å². The predicted molar refractivity (Wildman–Crippen MR) is 84.8 cm³/mol. The summed E-state index contributed by atoms with van der Waals surface area (Å²) >= 11 is 5.95. The molecule has 1 aromatic heterocycles. The maximum atomic E-state index is 12.6. The van der Waals surface area contributed by atoms with Gasteiger partial charge in [0.2, 0.25) is 5.91 Å². The molecule has 7 heteroatoms. The summed E-state index contributed by atoms with van der Waals surface area (Å²) in [7, 11) is 1.67. The molecule has 0 saturated heterocycles. The third kappa shape index (κ3) is 3.85. The summed E-state index contributed by atoms with van der Waals surface area (Å²) in [4.78, 5) is 32.7. The first-order valence-electron chi connectivity index (χ1n) is 6.84. The van der Waals surface area contributed by atoms with Crippen molar-refractivity contribution < 1.29 is 9.59 Å². The zero-order valence-corrected chi connectivity index (χ0v) is 13.1. The van der Waals surface area contributed by atoms with Gasteiger partial charge in [0, 0.05) is 30.9 Å². The van der Waals surface area contributed by atoms with Crippen LogP contribution in [0.1, 0.15) is 29.5 Å². The summed E-state index contributed by atoms with van der Waals surface area (Å²) in [6.07, 6.45) is 3.65. The number of nitrogens with one attached hydrogen (secondary N) is 2. The Morgan fingerprint density at radius 2 is 2.18 bits per heavy atom. The lowest BCUT2D eigenvalue weighted by Crippen LogP contribution is -2.28. The molecule has 2 aromatic rings. The molecule has 116 valence electrons. The van der Waals surface area contributed by atoms with E-state index in [1.165, 1.54) is 4.90 Å². The second-order valence-corrected chi connectivity index (χ2v) is 5.23. The number of anilines is 1. The number of halogens is 1. The van der Waals surface area contributed by atoms with Crippen LogP contribution in [-0.4, -0.2) is 33.7 Å². The summed E-state index contributed by atoms with van der Waals surface area (Å²) in [5, 5.41) is 3.16. The number of aromatic amines is 1. The van der Waals surface area contributed by atoms with E-state index in [1.54, 1.807) is 44.6 Å². The van der Waals surface area contributed by atoms with Crippen LogP contribution in [0.3, 0.4) is 0 Å². The second-order valence-electron chi connectivity index (χ2n) is 4.79. The molecule has 1 heterocycles. The molecule has 0 fully saturated rings. The van der Waals surface area contributed by atoms with Crippen molar-refractivity contribution in [3.05, 3.63) is 47.0 Å². The van der Waals surface area contributed by atoms with Crippen LogP contribution in [0.2, 0.25) is 5.02 Å². The van der Waals surface area contributed by atoms with E-state index in [4.69, 9.17) is 11.6 Å². The van der Waals surface area contributed by atoms with Crippen LogP contribution in [0.4, 0.5) is 5.69 Å². The largest absolute Gasteiger partial charge is 0.347 e. The minimum absolute atomic E-state index is 0.176. The molecule has 6 nitrogen and oxygen atoms in total. The van der Waals surface area contributed by atoms with Crippen molar-refractivity contribution in [2.45, 2.75) is 19.9 Å². The summed E-state index contributed by atoms with van der Waals surface area (Å²) in [6.45, 7) is 2.08. The van der Waals surface area contributed by atoms with E-state index >= 15 is 0 Å². The van der Waals surface area contributed by atoms with E-state index < -0.39 is 0 Å². The van der Waals surface area contributed by atoms with Crippen molar-refractivity contribution >= 4 is 29.1 Å². The predicted octanol–water partition coefficient (Wildman–Crippen LogP) is 2.68. The molecule has 0 bridgehead atoms. The molecule has 0 unspecified atom stereocenters. The number of hydrogen-bond acceptors (Lipinski definition) is 3. The Labute approximate surface area is 133 Å². The highest BCUT2D eigenvalue weighted by Crippen LogP contribution is 2.23. The van der Waals surface area contributed by atoms with E-state index in [9.17, 15) is 9.59 Å². The molecule has 2 N–H and O–H groups in total. The second kappa shape index (κ2) is 7.09.